The van der Waals surface area contributed by atoms with Crippen molar-refractivity contribution in [3.8, 4) is 11.3 Å². The Morgan fingerprint density at radius 3 is 2.53 bits per heavy atom. The number of carbonyl (C=O) groups is 2. The van der Waals surface area contributed by atoms with Gasteiger partial charge in [-0.2, -0.15) is 0 Å². The van der Waals surface area contributed by atoms with E-state index in [1.807, 2.05) is 37.3 Å². The van der Waals surface area contributed by atoms with Crippen molar-refractivity contribution in [2.75, 3.05) is 11.4 Å². The molecule has 0 bridgehead atoms. The van der Waals surface area contributed by atoms with Gasteiger partial charge in [0.2, 0.25) is 11.8 Å². The highest BCUT2D eigenvalue weighted by molar-refractivity contribution is 5.94. The Balaban J connectivity index is 1.43. The Morgan fingerprint density at radius 1 is 1.15 bits per heavy atom. The molecule has 1 N–H and O–H groups in total. The summed E-state index contributed by atoms with van der Waals surface area (Å²) < 4.78 is 26.4. The number of hydrogen-bond donors (Lipinski definition) is 1. The van der Waals surface area contributed by atoms with Crippen LogP contribution in [-0.2, 0) is 11.3 Å². The van der Waals surface area contributed by atoms with Gasteiger partial charge in [0.25, 0.3) is 5.91 Å². The quantitative estimate of drug-likeness (QED) is 0.546. The van der Waals surface area contributed by atoms with E-state index in [0.29, 0.717) is 23.5 Å². The lowest BCUT2D eigenvalue weighted by Gasteiger charge is -2.38. The van der Waals surface area contributed by atoms with Crippen LogP contribution in [0.15, 0.2) is 61.1 Å². The number of nitrogens with zero attached hydrogens (tertiary/aromatic N) is 3. The predicted molar refractivity (Wildman–Crippen MR) is 126 cm³/mol. The fourth-order valence-corrected chi connectivity index (χ4v) is 4.17. The van der Waals surface area contributed by atoms with Gasteiger partial charge in [0, 0.05) is 62.7 Å². The minimum absolute atomic E-state index is 0.175. The van der Waals surface area contributed by atoms with Crippen LogP contribution in [0.5, 0.6) is 0 Å². The van der Waals surface area contributed by atoms with Gasteiger partial charge in [-0.15, -0.1) is 0 Å². The number of aromatic nitrogens is 2. The molecule has 2 heterocycles. The summed E-state index contributed by atoms with van der Waals surface area (Å²) in [7, 11) is 0. The summed E-state index contributed by atoms with van der Waals surface area (Å²) >= 11 is 0. The molecule has 0 aliphatic heterocycles. The van der Waals surface area contributed by atoms with Gasteiger partial charge in [-0.25, -0.2) is 8.78 Å². The minimum Gasteiger partial charge on any atom is -0.348 e. The first-order chi connectivity index (χ1) is 16.2. The molecule has 0 atom stereocenters. The third kappa shape index (κ3) is 5.44. The molecule has 0 radical (unpaired) electrons. The number of hydrogen-bond acceptors (Lipinski definition) is 4. The number of carbonyl (C=O) groups excluding carboxylic acids is 2. The standard InChI is InChI=1S/C26H26F2N4O2/c1-17-10-21(6-8-24(17)32(18(2)33)16-20-11-26(27,28)12-20)23-7-5-22(15-30-23)25(34)31-14-19-4-3-9-29-13-19/h3-10,13,15,20H,11-12,14,16H2,1-2H3,(H,31,34). The lowest BCUT2D eigenvalue weighted by molar-refractivity contribution is -0.121. The van der Waals surface area contributed by atoms with E-state index in [0.717, 1.165) is 16.7 Å². The van der Waals surface area contributed by atoms with Gasteiger partial charge in [0.15, 0.2) is 0 Å². The van der Waals surface area contributed by atoms with Crippen molar-refractivity contribution in [1.82, 2.24) is 15.3 Å². The number of amides is 2. The number of rotatable bonds is 7. The van der Waals surface area contributed by atoms with Crippen molar-refractivity contribution in [1.29, 1.82) is 0 Å². The number of nitrogens with one attached hydrogen (secondary N) is 1. The highest BCUT2D eigenvalue weighted by Gasteiger charge is 2.46. The van der Waals surface area contributed by atoms with E-state index >= 15 is 0 Å². The maximum Gasteiger partial charge on any atom is 0.253 e. The summed E-state index contributed by atoms with van der Waals surface area (Å²) in [5.74, 6) is -3.21. The van der Waals surface area contributed by atoms with E-state index in [1.54, 1.807) is 29.4 Å². The van der Waals surface area contributed by atoms with Crippen LogP contribution in [0, 0.1) is 12.8 Å². The molecule has 6 nitrogen and oxygen atoms in total. The van der Waals surface area contributed by atoms with E-state index in [2.05, 4.69) is 15.3 Å². The number of alkyl halides is 2. The fraction of sp³-hybridized carbons (Fsp3) is 0.308. The molecule has 2 amide bonds. The molecular weight excluding hydrogens is 438 g/mol. The molecule has 1 aromatic carbocycles. The maximum absolute atomic E-state index is 13.2. The first-order valence-corrected chi connectivity index (χ1v) is 11.1. The van der Waals surface area contributed by atoms with Crippen molar-refractivity contribution in [3.63, 3.8) is 0 Å². The molecule has 0 spiro atoms. The predicted octanol–water partition coefficient (Wildman–Crippen LogP) is 4.78. The average molecular weight is 465 g/mol. The van der Waals surface area contributed by atoms with Crippen molar-refractivity contribution in [3.05, 3.63) is 77.7 Å². The lowest BCUT2D eigenvalue weighted by atomic mass is 9.81. The Morgan fingerprint density at radius 2 is 1.94 bits per heavy atom. The van der Waals surface area contributed by atoms with Crippen molar-refractivity contribution in [2.24, 2.45) is 5.92 Å². The monoisotopic (exact) mass is 464 g/mol. The first-order valence-electron chi connectivity index (χ1n) is 11.1. The summed E-state index contributed by atoms with van der Waals surface area (Å²) in [5.41, 5.74) is 4.42. The van der Waals surface area contributed by atoms with Crippen LogP contribution in [0.2, 0.25) is 0 Å². The summed E-state index contributed by atoms with van der Waals surface area (Å²) in [6, 6.07) is 12.7. The molecule has 1 saturated carbocycles. The molecule has 3 aromatic rings. The van der Waals surface area contributed by atoms with E-state index in [4.69, 9.17) is 0 Å². The number of benzene rings is 1. The second-order valence-electron chi connectivity index (χ2n) is 8.74. The zero-order valence-corrected chi connectivity index (χ0v) is 19.1. The topological polar surface area (TPSA) is 75.2 Å². The van der Waals surface area contributed by atoms with Crippen LogP contribution in [0.4, 0.5) is 14.5 Å². The van der Waals surface area contributed by atoms with Gasteiger partial charge in [-0.3, -0.25) is 19.6 Å². The Labute approximate surface area is 197 Å². The molecule has 4 rings (SSSR count). The Bertz CT molecular complexity index is 1180. The third-order valence-corrected chi connectivity index (χ3v) is 5.98. The number of aryl methyl sites for hydroxylation is 1. The number of pyridine rings is 2. The number of anilines is 1. The Hall–Kier alpha value is -3.68. The SMILES string of the molecule is CC(=O)N(CC1CC(F)(F)C1)c1ccc(-c2ccc(C(=O)NCc3cccnc3)cn2)cc1C. The maximum atomic E-state index is 13.2. The molecule has 34 heavy (non-hydrogen) atoms. The van der Waals surface area contributed by atoms with Crippen molar-refractivity contribution < 1.29 is 18.4 Å². The molecule has 1 fully saturated rings. The van der Waals surface area contributed by atoms with Crippen LogP contribution in [0.1, 0.15) is 41.3 Å². The van der Waals surface area contributed by atoms with Gasteiger partial charge >= 0.3 is 0 Å². The van der Waals surface area contributed by atoms with Gasteiger partial charge in [0.05, 0.1) is 11.3 Å². The van der Waals surface area contributed by atoms with E-state index < -0.39 is 5.92 Å². The van der Waals surface area contributed by atoms with Gasteiger partial charge < -0.3 is 10.2 Å². The molecule has 0 saturated heterocycles. The molecule has 176 valence electrons. The minimum atomic E-state index is -2.61. The molecule has 2 aromatic heterocycles. The lowest BCUT2D eigenvalue weighted by Crippen LogP contribution is -2.44. The van der Waals surface area contributed by atoms with Crippen LogP contribution < -0.4 is 10.2 Å². The van der Waals surface area contributed by atoms with Crippen molar-refractivity contribution >= 4 is 17.5 Å². The highest BCUT2D eigenvalue weighted by atomic mass is 19.3. The smallest absolute Gasteiger partial charge is 0.253 e. The Kier molecular flexibility index (Phi) is 6.68. The largest absolute Gasteiger partial charge is 0.348 e. The van der Waals surface area contributed by atoms with Crippen LogP contribution in [0.3, 0.4) is 0 Å². The van der Waals surface area contributed by atoms with E-state index in [1.165, 1.54) is 13.1 Å². The molecule has 8 heteroatoms. The summed E-state index contributed by atoms with van der Waals surface area (Å²) in [6.07, 6.45) is 4.54. The van der Waals surface area contributed by atoms with Crippen LogP contribution in [-0.4, -0.2) is 34.2 Å². The third-order valence-electron chi connectivity index (χ3n) is 5.98. The van der Waals surface area contributed by atoms with Gasteiger partial charge in [0.1, 0.15) is 0 Å². The molecule has 1 aliphatic rings. The highest BCUT2D eigenvalue weighted by Crippen LogP contribution is 2.43. The molecule has 0 unspecified atom stereocenters. The normalized spacial score (nSPS) is 14.8. The van der Waals surface area contributed by atoms with Crippen LogP contribution in [0.25, 0.3) is 11.3 Å². The van der Waals surface area contributed by atoms with Gasteiger partial charge in [-0.05, 0) is 54.3 Å². The number of halogens is 2. The summed E-state index contributed by atoms with van der Waals surface area (Å²) in [6.45, 7) is 3.99. The average Bonchev–Trinajstić information content (AvgIpc) is 2.80. The van der Waals surface area contributed by atoms with E-state index in [-0.39, 0.29) is 37.1 Å². The van der Waals surface area contributed by atoms with E-state index in [9.17, 15) is 18.4 Å². The molecule has 1 aliphatic carbocycles. The van der Waals surface area contributed by atoms with Gasteiger partial charge in [-0.1, -0.05) is 12.1 Å². The second-order valence-corrected chi connectivity index (χ2v) is 8.74. The summed E-state index contributed by atoms with van der Waals surface area (Å²) in [4.78, 5) is 34.6. The second kappa shape index (κ2) is 9.67. The fourth-order valence-electron chi connectivity index (χ4n) is 4.17. The molecular formula is C26H26F2N4O2. The van der Waals surface area contributed by atoms with Crippen molar-refractivity contribution in [2.45, 2.75) is 39.2 Å². The zero-order chi connectivity index (χ0) is 24.3. The van der Waals surface area contributed by atoms with Crippen LogP contribution >= 0.6 is 0 Å². The summed E-state index contributed by atoms with van der Waals surface area (Å²) in [5, 5.41) is 2.84. The zero-order valence-electron chi connectivity index (χ0n) is 19.1. The first kappa shape index (κ1) is 23.5.